The van der Waals surface area contributed by atoms with Crippen molar-refractivity contribution < 1.29 is 14.3 Å². The molecule has 2 rings (SSSR count). The molecule has 1 aromatic carbocycles. The Bertz CT molecular complexity index is 637. The van der Waals surface area contributed by atoms with E-state index in [4.69, 9.17) is 16.3 Å². The molecule has 110 valence electrons. The van der Waals surface area contributed by atoms with E-state index in [2.05, 4.69) is 10.3 Å². The number of anilines is 1. The molecule has 21 heavy (non-hydrogen) atoms. The third-order valence-corrected chi connectivity index (χ3v) is 2.97. The molecule has 0 atom stereocenters. The Morgan fingerprint density at radius 3 is 2.62 bits per heavy atom. The van der Waals surface area contributed by atoms with Crippen molar-refractivity contribution in [1.29, 1.82) is 0 Å². The van der Waals surface area contributed by atoms with Crippen LogP contribution in [-0.2, 0) is 16.1 Å². The van der Waals surface area contributed by atoms with E-state index in [1.54, 1.807) is 37.4 Å². The molecule has 0 saturated heterocycles. The zero-order chi connectivity index (χ0) is 15.2. The highest BCUT2D eigenvalue weighted by Gasteiger charge is 2.08. The van der Waals surface area contributed by atoms with Gasteiger partial charge in [0.1, 0.15) is 6.54 Å². The highest BCUT2D eigenvalue weighted by Crippen LogP contribution is 2.11. The Balaban J connectivity index is 1.95. The topological polar surface area (TPSA) is 73.2 Å². The van der Waals surface area contributed by atoms with Gasteiger partial charge in [-0.3, -0.25) is 4.79 Å². The Morgan fingerprint density at radius 1 is 1.33 bits per heavy atom. The maximum absolute atomic E-state index is 11.8. The first-order valence-corrected chi connectivity index (χ1v) is 6.71. The van der Waals surface area contributed by atoms with E-state index in [-0.39, 0.29) is 23.7 Å². The smallest absolute Gasteiger partial charge is 0.338 e. The van der Waals surface area contributed by atoms with E-state index in [0.717, 1.165) is 0 Å². The minimum atomic E-state index is -0.388. The van der Waals surface area contributed by atoms with E-state index in [9.17, 15) is 9.59 Å². The molecule has 1 amide bonds. The Morgan fingerprint density at radius 2 is 2.05 bits per heavy atom. The van der Waals surface area contributed by atoms with Crippen LogP contribution in [0.3, 0.4) is 0 Å². The minimum absolute atomic E-state index is 0.0679. The average molecular weight is 308 g/mol. The van der Waals surface area contributed by atoms with Crippen molar-refractivity contribution in [1.82, 2.24) is 9.55 Å². The molecule has 0 unspecified atom stereocenters. The summed E-state index contributed by atoms with van der Waals surface area (Å²) in [7, 11) is 0. The number of esters is 1. The van der Waals surface area contributed by atoms with Gasteiger partial charge in [-0.05, 0) is 42.8 Å². The second-order valence-electron chi connectivity index (χ2n) is 4.17. The quantitative estimate of drug-likeness (QED) is 0.861. The number of carbonyl (C=O) groups excluding carboxylic acids is 2. The van der Waals surface area contributed by atoms with Gasteiger partial charge in [-0.1, -0.05) is 0 Å². The molecule has 0 aliphatic rings. The van der Waals surface area contributed by atoms with Gasteiger partial charge in [-0.25, -0.2) is 9.78 Å². The van der Waals surface area contributed by atoms with Crippen molar-refractivity contribution in [2.75, 3.05) is 11.9 Å². The number of carbonyl (C=O) groups is 2. The lowest BCUT2D eigenvalue weighted by Gasteiger charge is -2.07. The van der Waals surface area contributed by atoms with Crippen LogP contribution in [0.2, 0.25) is 5.28 Å². The number of amides is 1. The second kappa shape index (κ2) is 6.90. The number of rotatable bonds is 5. The molecule has 0 radical (unpaired) electrons. The van der Waals surface area contributed by atoms with Crippen molar-refractivity contribution in [3.8, 4) is 0 Å². The molecule has 1 heterocycles. The first-order chi connectivity index (χ1) is 10.1. The van der Waals surface area contributed by atoms with Crippen LogP contribution in [0.4, 0.5) is 5.69 Å². The van der Waals surface area contributed by atoms with Crippen LogP contribution in [-0.4, -0.2) is 28.0 Å². The van der Waals surface area contributed by atoms with Crippen molar-refractivity contribution in [3.63, 3.8) is 0 Å². The maximum Gasteiger partial charge on any atom is 0.338 e. The fraction of sp³-hybridized carbons (Fsp3) is 0.214. The average Bonchev–Trinajstić information content (AvgIpc) is 2.85. The molecule has 0 spiro atoms. The van der Waals surface area contributed by atoms with Crippen LogP contribution >= 0.6 is 11.6 Å². The van der Waals surface area contributed by atoms with Crippen LogP contribution in [0.5, 0.6) is 0 Å². The lowest BCUT2D eigenvalue weighted by Crippen LogP contribution is -2.18. The van der Waals surface area contributed by atoms with Crippen LogP contribution in [0.15, 0.2) is 36.7 Å². The molecule has 6 nitrogen and oxygen atoms in total. The monoisotopic (exact) mass is 307 g/mol. The first kappa shape index (κ1) is 15.1. The van der Waals surface area contributed by atoms with Crippen molar-refractivity contribution in [2.24, 2.45) is 0 Å². The van der Waals surface area contributed by atoms with E-state index in [1.165, 1.54) is 10.8 Å². The summed E-state index contributed by atoms with van der Waals surface area (Å²) in [5.41, 5.74) is 1.02. The SMILES string of the molecule is CCOC(=O)c1ccc(NC(=O)Cn2ccnc2Cl)cc1. The molecule has 0 saturated carbocycles. The summed E-state index contributed by atoms with van der Waals surface area (Å²) in [6.07, 6.45) is 3.13. The number of hydrogen-bond donors (Lipinski definition) is 1. The van der Waals surface area contributed by atoms with Gasteiger partial charge >= 0.3 is 5.97 Å². The predicted molar refractivity (Wildman–Crippen MR) is 78.3 cm³/mol. The van der Waals surface area contributed by atoms with Gasteiger partial charge in [-0.2, -0.15) is 0 Å². The van der Waals surface area contributed by atoms with Crippen molar-refractivity contribution >= 4 is 29.2 Å². The number of halogens is 1. The van der Waals surface area contributed by atoms with Gasteiger partial charge in [-0.15, -0.1) is 0 Å². The second-order valence-corrected chi connectivity index (χ2v) is 4.51. The molecular formula is C14H14ClN3O3. The van der Waals surface area contributed by atoms with Gasteiger partial charge in [0.15, 0.2) is 0 Å². The molecule has 2 aromatic rings. The molecule has 7 heteroatoms. The van der Waals surface area contributed by atoms with Crippen LogP contribution in [0, 0.1) is 0 Å². The van der Waals surface area contributed by atoms with Crippen LogP contribution in [0.1, 0.15) is 17.3 Å². The number of ether oxygens (including phenoxy) is 1. The largest absolute Gasteiger partial charge is 0.462 e. The fourth-order valence-corrected chi connectivity index (χ4v) is 1.86. The molecule has 1 aromatic heterocycles. The van der Waals surface area contributed by atoms with Gasteiger partial charge in [0, 0.05) is 18.1 Å². The zero-order valence-corrected chi connectivity index (χ0v) is 12.1. The molecule has 0 aliphatic heterocycles. The summed E-state index contributed by atoms with van der Waals surface area (Å²) in [4.78, 5) is 27.2. The number of nitrogens with zero attached hydrogens (tertiary/aromatic N) is 2. The molecule has 0 aliphatic carbocycles. The standard InChI is InChI=1S/C14H14ClN3O3/c1-2-21-13(20)10-3-5-11(6-4-10)17-12(19)9-18-8-7-16-14(18)15/h3-8H,2,9H2,1H3,(H,17,19). The van der Waals surface area contributed by atoms with E-state index in [0.29, 0.717) is 17.9 Å². The highest BCUT2D eigenvalue weighted by molar-refractivity contribution is 6.28. The number of nitrogens with one attached hydrogen (secondary N) is 1. The zero-order valence-electron chi connectivity index (χ0n) is 11.4. The van der Waals surface area contributed by atoms with Crippen molar-refractivity contribution in [3.05, 3.63) is 47.5 Å². The van der Waals surface area contributed by atoms with Gasteiger partial charge in [0.25, 0.3) is 0 Å². The van der Waals surface area contributed by atoms with Crippen molar-refractivity contribution in [2.45, 2.75) is 13.5 Å². The summed E-state index contributed by atoms with van der Waals surface area (Å²) in [5.74, 6) is -0.626. The number of imidazole rings is 1. The van der Waals surface area contributed by atoms with Gasteiger partial charge < -0.3 is 14.6 Å². The third-order valence-electron chi connectivity index (χ3n) is 2.66. The summed E-state index contributed by atoms with van der Waals surface area (Å²) < 4.78 is 6.40. The van der Waals surface area contributed by atoms with Crippen LogP contribution in [0.25, 0.3) is 0 Å². The van der Waals surface area contributed by atoms with E-state index >= 15 is 0 Å². The molecule has 0 bridgehead atoms. The Hall–Kier alpha value is -2.34. The Kier molecular flexibility index (Phi) is 4.94. The summed E-state index contributed by atoms with van der Waals surface area (Å²) in [6.45, 7) is 2.13. The molecule has 1 N–H and O–H groups in total. The Labute approximate surface area is 126 Å². The maximum atomic E-state index is 11.8. The lowest BCUT2D eigenvalue weighted by atomic mass is 10.2. The van der Waals surface area contributed by atoms with Gasteiger partial charge in [0.2, 0.25) is 11.2 Å². The van der Waals surface area contributed by atoms with E-state index in [1.807, 2.05) is 0 Å². The number of hydrogen-bond acceptors (Lipinski definition) is 4. The number of benzene rings is 1. The first-order valence-electron chi connectivity index (χ1n) is 6.34. The van der Waals surface area contributed by atoms with E-state index < -0.39 is 0 Å². The predicted octanol–water partition coefficient (Wildman–Crippen LogP) is 2.35. The summed E-state index contributed by atoms with van der Waals surface area (Å²) in [6, 6.07) is 6.47. The summed E-state index contributed by atoms with van der Waals surface area (Å²) in [5, 5.41) is 2.96. The molecular weight excluding hydrogens is 294 g/mol. The highest BCUT2D eigenvalue weighted by atomic mass is 35.5. The molecule has 0 fully saturated rings. The lowest BCUT2D eigenvalue weighted by molar-refractivity contribution is -0.116. The normalized spacial score (nSPS) is 10.2. The fourth-order valence-electron chi connectivity index (χ4n) is 1.69. The number of aromatic nitrogens is 2. The van der Waals surface area contributed by atoms with Crippen LogP contribution < -0.4 is 5.32 Å². The third kappa shape index (κ3) is 4.06. The minimum Gasteiger partial charge on any atom is -0.462 e. The van der Waals surface area contributed by atoms with Gasteiger partial charge in [0.05, 0.1) is 12.2 Å². The summed E-state index contributed by atoms with van der Waals surface area (Å²) >= 11 is 5.79.